The van der Waals surface area contributed by atoms with E-state index in [1.165, 1.54) is 6.07 Å². The molecule has 0 aliphatic heterocycles. The van der Waals surface area contributed by atoms with Crippen LogP contribution in [0, 0.1) is 0 Å². The second-order valence-corrected chi connectivity index (χ2v) is 7.99. The van der Waals surface area contributed by atoms with Crippen molar-refractivity contribution in [3.05, 3.63) is 29.3 Å². The molecular weight excluding hydrogens is 333 g/mol. The fraction of sp³-hybridized carbons (Fsp3) is 0.500. The number of nitrogens with one attached hydrogen (secondary N) is 2. The van der Waals surface area contributed by atoms with Gasteiger partial charge in [0.1, 0.15) is 4.75 Å². The molecule has 3 N–H and O–H groups in total. The van der Waals surface area contributed by atoms with Crippen LogP contribution in [-0.2, 0) is 17.5 Å². The van der Waals surface area contributed by atoms with Gasteiger partial charge in [0, 0.05) is 17.0 Å². The summed E-state index contributed by atoms with van der Waals surface area (Å²) in [6, 6.07) is 2.24. The van der Waals surface area contributed by atoms with E-state index in [-0.39, 0.29) is 11.3 Å². The Labute approximate surface area is 135 Å². The fourth-order valence-electron chi connectivity index (χ4n) is 1.67. The molecular formula is C14H19F3N2O3S. The molecule has 0 fully saturated rings. The number of rotatable bonds is 4. The summed E-state index contributed by atoms with van der Waals surface area (Å²) in [5, 5.41) is 10.6. The van der Waals surface area contributed by atoms with Crippen LogP contribution in [0.4, 0.5) is 23.7 Å². The second-order valence-electron chi connectivity index (χ2n) is 5.99. The van der Waals surface area contributed by atoms with Crippen molar-refractivity contribution in [1.29, 1.82) is 0 Å². The molecule has 130 valence electrons. The summed E-state index contributed by atoms with van der Waals surface area (Å²) in [6.45, 7) is 6.74. The van der Waals surface area contributed by atoms with Crippen molar-refractivity contribution in [2.24, 2.45) is 0 Å². The number of anilines is 1. The molecule has 0 heterocycles. The van der Waals surface area contributed by atoms with Gasteiger partial charge in [0.15, 0.2) is 0 Å². The Balaban J connectivity index is 3.16. The van der Waals surface area contributed by atoms with Gasteiger partial charge >= 0.3 is 12.3 Å². The Morgan fingerprint density at radius 1 is 1.26 bits per heavy atom. The minimum absolute atomic E-state index is 0.182. The van der Waals surface area contributed by atoms with Crippen LogP contribution in [0.1, 0.15) is 44.9 Å². The topological polar surface area (TPSA) is 84.4 Å². The first kappa shape index (κ1) is 19.6. The standard InChI is InChI=1S/C14H19F3N2O3S/c1-8(19-23(22)13(2,3)4)9-5-10(14(15,16)17)7-11(6-9)18-12(20)21/h5-8,18-19H,1-4H3,(H,20,21)/t8-,23?/m1/s1. The highest BCUT2D eigenvalue weighted by Gasteiger charge is 2.33. The van der Waals surface area contributed by atoms with E-state index >= 15 is 0 Å². The normalized spacial score (nSPS) is 15.1. The van der Waals surface area contributed by atoms with Crippen LogP contribution in [0.3, 0.4) is 0 Å². The van der Waals surface area contributed by atoms with E-state index in [4.69, 9.17) is 5.11 Å². The highest BCUT2D eigenvalue weighted by atomic mass is 32.2. The molecule has 0 bridgehead atoms. The summed E-state index contributed by atoms with van der Waals surface area (Å²) in [7, 11) is 0. The van der Waals surface area contributed by atoms with Gasteiger partial charge in [-0.2, -0.15) is 13.2 Å². The molecule has 2 atom stereocenters. The van der Waals surface area contributed by atoms with Gasteiger partial charge in [0.2, 0.25) is 0 Å². The minimum atomic E-state index is -4.62. The molecule has 0 aliphatic rings. The smallest absolute Gasteiger partial charge is 0.416 e. The van der Waals surface area contributed by atoms with E-state index in [0.717, 1.165) is 6.07 Å². The monoisotopic (exact) mass is 352 g/mol. The Bertz CT molecular complexity index is 573. The number of benzene rings is 1. The highest BCUT2D eigenvalue weighted by Crippen LogP contribution is 2.33. The van der Waals surface area contributed by atoms with E-state index in [1.54, 1.807) is 27.7 Å². The van der Waals surface area contributed by atoms with E-state index in [1.807, 2.05) is 5.32 Å². The lowest BCUT2D eigenvalue weighted by atomic mass is 10.0. The van der Waals surface area contributed by atoms with Crippen LogP contribution in [-0.4, -0.2) is 20.5 Å². The lowest BCUT2D eigenvalue weighted by Crippen LogP contribution is -2.40. The molecule has 1 aromatic rings. The Morgan fingerprint density at radius 2 is 1.83 bits per heavy atom. The zero-order valence-electron chi connectivity index (χ0n) is 13.1. The Morgan fingerprint density at radius 3 is 2.26 bits per heavy atom. The van der Waals surface area contributed by atoms with Crippen molar-refractivity contribution in [2.45, 2.75) is 44.7 Å². The molecule has 0 saturated heterocycles. The summed E-state index contributed by atoms with van der Waals surface area (Å²) in [5.74, 6) is 0. The van der Waals surface area contributed by atoms with E-state index < -0.39 is 40.0 Å². The van der Waals surface area contributed by atoms with Crippen molar-refractivity contribution in [3.8, 4) is 0 Å². The number of hydrogen-bond donors (Lipinski definition) is 3. The molecule has 1 rings (SSSR count). The average molecular weight is 352 g/mol. The van der Waals surface area contributed by atoms with Crippen LogP contribution in [0.2, 0.25) is 0 Å². The minimum Gasteiger partial charge on any atom is -0.598 e. The molecule has 1 amide bonds. The summed E-state index contributed by atoms with van der Waals surface area (Å²) >= 11 is -1.48. The van der Waals surface area contributed by atoms with E-state index in [0.29, 0.717) is 6.07 Å². The molecule has 23 heavy (non-hydrogen) atoms. The second kappa shape index (κ2) is 6.98. The van der Waals surface area contributed by atoms with Crippen LogP contribution in [0.15, 0.2) is 18.2 Å². The van der Waals surface area contributed by atoms with Gasteiger partial charge in [-0.15, -0.1) is 4.72 Å². The molecule has 0 radical (unpaired) electrons. The Kier molecular flexibility index (Phi) is 5.95. The third-order valence-corrected chi connectivity index (χ3v) is 4.55. The number of halogens is 3. The van der Waals surface area contributed by atoms with Crippen LogP contribution in [0.25, 0.3) is 0 Å². The SMILES string of the molecule is C[C@@H](N[S+]([O-])C(C)(C)C)c1cc(NC(=O)O)cc(C(F)(F)F)c1. The van der Waals surface area contributed by atoms with Gasteiger partial charge in [-0.05, 0) is 51.5 Å². The van der Waals surface area contributed by atoms with Crippen LogP contribution < -0.4 is 10.0 Å². The highest BCUT2D eigenvalue weighted by molar-refractivity contribution is 7.90. The van der Waals surface area contributed by atoms with Crippen LogP contribution in [0.5, 0.6) is 0 Å². The maximum absolute atomic E-state index is 12.9. The summed E-state index contributed by atoms with van der Waals surface area (Å²) in [4.78, 5) is 10.7. The lowest BCUT2D eigenvalue weighted by molar-refractivity contribution is -0.137. The largest absolute Gasteiger partial charge is 0.598 e. The zero-order chi connectivity index (χ0) is 18.0. The lowest BCUT2D eigenvalue weighted by Gasteiger charge is -2.27. The van der Waals surface area contributed by atoms with Crippen molar-refractivity contribution in [3.63, 3.8) is 0 Å². The van der Waals surface area contributed by atoms with Gasteiger partial charge in [0.25, 0.3) is 0 Å². The number of carboxylic acid groups (broad SMARTS) is 1. The van der Waals surface area contributed by atoms with Crippen molar-refractivity contribution >= 4 is 23.1 Å². The number of alkyl halides is 3. The number of amides is 1. The van der Waals surface area contributed by atoms with Crippen molar-refractivity contribution in [2.75, 3.05) is 5.32 Å². The van der Waals surface area contributed by atoms with Crippen LogP contribution >= 0.6 is 0 Å². The van der Waals surface area contributed by atoms with Gasteiger partial charge in [-0.3, -0.25) is 5.32 Å². The average Bonchev–Trinajstić information content (AvgIpc) is 2.35. The maximum Gasteiger partial charge on any atom is 0.416 e. The fourth-order valence-corrected chi connectivity index (χ4v) is 2.48. The molecule has 9 heteroatoms. The van der Waals surface area contributed by atoms with Gasteiger partial charge in [-0.1, -0.05) is 0 Å². The maximum atomic E-state index is 12.9. The van der Waals surface area contributed by atoms with E-state index in [9.17, 15) is 22.5 Å². The third-order valence-electron chi connectivity index (χ3n) is 2.87. The first-order valence-electron chi connectivity index (χ1n) is 6.71. The van der Waals surface area contributed by atoms with Crippen molar-refractivity contribution < 1.29 is 27.6 Å². The van der Waals surface area contributed by atoms with Gasteiger partial charge in [0.05, 0.1) is 11.6 Å². The molecule has 0 aromatic heterocycles. The summed E-state index contributed by atoms with van der Waals surface area (Å²) in [5.41, 5.74) is -0.993. The number of carbonyl (C=O) groups is 1. The summed E-state index contributed by atoms with van der Waals surface area (Å²) in [6.07, 6.45) is -6.08. The molecule has 5 nitrogen and oxygen atoms in total. The third kappa shape index (κ3) is 5.92. The molecule has 0 aliphatic carbocycles. The predicted octanol–water partition coefficient (Wildman–Crippen LogP) is 3.91. The molecule has 1 aromatic carbocycles. The molecule has 0 spiro atoms. The zero-order valence-corrected chi connectivity index (χ0v) is 13.9. The van der Waals surface area contributed by atoms with Gasteiger partial charge < -0.3 is 9.66 Å². The molecule has 0 saturated carbocycles. The van der Waals surface area contributed by atoms with Crippen molar-refractivity contribution in [1.82, 2.24) is 4.72 Å². The van der Waals surface area contributed by atoms with E-state index in [2.05, 4.69) is 4.72 Å². The first-order chi connectivity index (χ1) is 10.3. The summed E-state index contributed by atoms with van der Waals surface area (Å²) < 4.78 is 53.0. The Hall–Kier alpha value is -1.45. The quantitative estimate of drug-likeness (QED) is 0.718. The van der Waals surface area contributed by atoms with Gasteiger partial charge in [-0.25, -0.2) is 4.79 Å². The predicted molar refractivity (Wildman–Crippen MR) is 82.5 cm³/mol. The first-order valence-corrected chi connectivity index (χ1v) is 7.86. The number of hydrogen-bond acceptors (Lipinski definition) is 3. The molecule has 1 unspecified atom stereocenters.